The van der Waals surface area contributed by atoms with E-state index in [9.17, 15) is 4.79 Å². The third-order valence-corrected chi connectivity index (χ3v) is 6.11. The van der Waals surface area contributed by atoms with Crippen LogP contribution < -0.4 is 10.1 Å². The monoisotopic (exact) mass is 563 g/mol. The molecule has 0 saturated heterocycles. The number of halogens is 3. The molecule has 0 radical (unpaired) electrons. The van der Waals surface area contributed by atoms with Crippen LogP contribution in [0, 0.1) is 17.4 Å². The molecule has 6 heteroatoms. The lowest BCUT2D eigenvalue weighted by atomic mass is 10.1. The molecule has 0 aliphatic rings. The van der Waals surface area contributed by atoms with E-state index in [0.29, 0.717) is 5.75 Å². The van der Waals surface area contributed by atoms with Gasteiger partial charge in [-0.3, -0.25) is 4.79 Å². The molecule has 0 aliphatic heterocycles. The fraction of sp³-hybridized carbons (Fsp3) is 0.167. The van der Waals surface area contributed by atoms with E-state index in [1.807, 2.05) is 38.1 Å². The van der Waals surface area contributed by atoms with E-state index in [1.54, 1.807) is 13.2 Å². The third-order valence-electron chi connectivity index (χ3n) is 3.36. The average molecular weight is 565 g/mol. The van der Waals surface area contributed by atoms with Crippen LogP contribution in [-0.2, 0) is 4.79 Å². The lowest BCUT2D eigenvalue weighted by Crippen LogP contribution is -2.08. The lowest BCUT2D eigenvalue weighted by molar-refractivity contribution is -0.111. The van der Waals surface area contributed by atoms with Gasteiger partial charge in [-0.2, -0.15) is 0 Å². The van der Waals surface area contributed by atoms with Crippen molar-refractivity contribution >= 4 is 72.1 Å². The topological polar surface area (TPSA) is 38.3 Å². The van der Waals surface area contributed by atoms with Crippen LogP contribution in [0.4, 0.5) is 5.69 Å². The highest BCUT2D eigenvalue weighted by molar-refractivity contribution is 14.1. The van der Waals surface area contributed by atoms with Gasteiger partial charge in [-0.15, -0.1) is 0 Å². The first-order chi connectivity index (χ1) is 11.3. The van der Waals surface area contributed by atoms with Gasteiger partial charge < -0.3 is 10.1 Å². The maximum absolute atomic E-state index is 12.2. The number of methoxy groups -OCH3 is 1. The van der Waals surface area contributed by atoms with Crippen LogP contribution in [0.2, 0.25) is 0 Å². The van der Waals surface area contributed by atoms with Crippen molar-refractivity contribution in [2.75, 3.05) is 12.4 Å². The largest absolute Gasteiger partial charge is 0.495 e. The van der Waals surface area contributed by atoms with Gasteiger partial charge in [0.2, 0.25) is 5.91 Å². The second-order valence-electron chi connectivity index (χ2n) is 5.26. The SMILES string of the molecule is COc1c(Br)cc(Br)cc1/C=C/C(=O)Nc1cc(C)c(I)c(C)c1. The molecule has 2 rings (SSSR count). The standard InChI is InChI=1S/C18H16Br2INO2/c1-10-6-14(7-11(2)17(10)21)22-16(23)5-4-12-8-13(19)9-15(20)18(12)24-3/h4-9H,1-3H3,(H,22,23)/b5-4+. The van der Waals surface area contributed by atoms with Crippen LogP contribution in [0.1, 0.15) is 16.7 Å². The molecule has 2 aromatic rings. The quantitative estimate of drug-likeness (QED) is 0.360. The van der Waals surface area contributed by atoms with Gasteiger partial charge in [-0.05, 0) is 93.8 Å². The average Bonchev–Trinajstić information content (AvgIpc) is 2.50. The van der Waals surface area contributed by atoms with Crippen LogP contribution in [0.3, 0.4) is 0 Å². The van der Waals surface area contributed by atoms with Crippen LogP contribution in [0.15, 0.2) is 39.3 Å². The van der Waals surface area contributed by atoms with Crippen molar-refractivity contribution in [1.82, 2.24) is 0 Å². The van der Waals surface area contributed by atoms with Crippen molar-refractivity contribution in [1.29, 1.82) is 0 Å². The highest BCUT2D eigenvalue weighted by Gasteiger charge is 2.08. The smallest absolute Gasteiger partial charge is 0.248 e. The molecule has 0 saturated carbocycles. The highest BCUT2D eigenvalue weighted by atomic mass is 127. The number of aryl methyl sites for hydroxylation is 2. The van der Waals surface area contributed by atoms with E-state index in [1.165, 1.54) is 9.65 Å². The molecule has 1 N–H and O–H groups in total. The Labute approximate surface area is 172 Å². The summed E-state index contributed by atoms with van der Waals surface area (Å²) in [6.45, 7) is 4.06. The van der Waals surface area contributed by atoms with Crippen LogP contribution in [-0.4, -0.2) is 13.0 Å². The number of hydrogen-bond donors (Lipinski definition) is 1. The molecule has 126 valence electrons. The number of carbonyl (C=O) groups is 1. The summed E-state index contributed by atoms with van der Waals surface area (Å²) in [7, 11) is 1.60. The van der Waals surface area contributed by atoms with Gasteiger partial charge in [-0.1, -0.05) is 15.9 Å². The molecule has 0 bridgehead atoms. The molecule has 1 amide bonds. The van der Waals surface area contributed by atoms with Crippen molar-refractivity contribution in [3.8, 4) is 5.75 Å². The minimum Gasteiger partial charge on any atom is -0.495 e. The van der Waals surface area contributed by atoms with E-state index < -0.39 is 0 Å². The van der Waals surface area contributed by atoms with Gasteiger partial charge in [0, 0.05) is 25.4 Å². The number of amides is 1. The Morgan fingerprint density at radius 2 is 1.79 bits per heavy atom. The number of nitrogens with one attached hydrogen (secondary N) is 1. The van der Waals surface area contributed by atoms with Crippen LogP contribution >= 0.6 is 54.5 Å². The Bertz CT molecular complexity index is 796. The molecule has 0 unspecified atom stereocenters. The zero-order chi connectivity index (χ0) is 17.9. The predicted molar refractivity (Wildman–Crippen MR) is 115 cm³/mol. The second kappa shape index (κ2) is 8.49. The minimum atomic E-state index is -0.187. The van der Waals surface area contributed by atoms with E-state index in [-0.39, 0.29) is 5.91 Å². The van der Waals surface area contributed by atoms with Gasteiger partial charge in [0.05, 0.1) is 11.6 Å². The number of benzene rings is 2. The molecule has 0 fully saturated rings. The zero-order valence-electron chi connectivity index (χ0n) is 13.4. The first-order valence-corrected chi connectivity index (χ1v) is 9.77. The summed E-state index contributed by atoms with van der Waals surface area (Å²) >= 11 is 9.20. The first-order valence-electron chi connectivity index (χ1n) is 7.10. The Morgan fingerprint density at radius 3 is 2.38 bits per heavy atom. The molecule has 0 atom stereocenters. The first kappa shape index (κ1) is 19.5. The summed E-state index contributed by atoms with van der Waals surface area (Å²) in [5, 5.41) is 2.89. The van der Waals surface area contributed by atoms with Gasteiger partial charge in [0.15, 0.2) is 0 Å². The van der Waals surface area contributed by atoms with Crippen molar-refractivity contribution in [3.05, 3.63) is 59.5 Å². The molecule has 3 nitrogen and oxygen atoms in total. The van der Waals surface area contributed by atoms with Gasteiger partial charge in [0.1, 0.15) is 5.75 Å². The molecular weight excluding hydrogens is 549 g/mol. The maximum atomic E-state index is 12.2. The summed E-state index contributed by atoms with van der Waals surface area (Å²) in [5.41, 5.74) is 3.89. The predicted octanol–water partition coefficient (Wildman–Crippen LogP) is 6.09. The molecular formula is C18H16Br2INO2. The number of rotatable bonds is 4. The molecule has 0 heterocycles. The maximum Gasteiger partial charge on any atom is 0.248 e. The summed E-state index contributed by atoms with van der Waals surface area (Å²) in [4.78, 5) is 12.2. The molecule has 2 aromatic carbocycles. The summed E-state index contributed by atoms with van der Waals surface area (Å²) < 4.78 is 8.31. The van der Waals surface area contributed by atoms with E-state index >= 15 is 0 Å². The molecule has 24 heavy (non-hydrogen) atoms. The van der Waals surface area contributed by atoms with Gasteiger partial charge in [0.25, 0.3) is 0 Å². The normalized spacial score (nSPS) is 10.9. The second-order valence-corrected chi connectivity index (χ2v) is 8.11. The fourth-order valence-electron chi connectivity index (χ4n) is 2.29. The van der Waals surface area contributed by atoms with Crippen LogP contribution in [0.5, 0.6) is 5.75 Å². The Hall–Kier alpha value is -0.860. The Balaban J connectivity index is 2.20. The zero-order valence-corrected chi connectivity index (χ0v) is 18.7. The number of anilines is 1. The summed E-state index contributed by atoms with van der Waals surface area (Å²) in [5.74, 6) is 0.497. The van der Waals surface area contributed by atoms with E-state index in [2.05, 4.69) is 59.8 Å². The number of hydrogen-bond acceptors (Lipinski definition) is 2. The highest BCUT2D eigenvalue weighted by Crippen LogP contribution is 2.33. The number of carbonyl (C=O) groups excluding carboxylic acids is 1. The van der Waals surface area contributed by atoms with E-state index in [4.69, 9.17) is 4.74 Å². The minimum absolute atomic E-state index is 0.187. The van der Waals surface area contributed by atoms with E-state index in [0.717, 1.165) is 31.3 Å². The molecule has 0 aliphatic carbocycles. The Morgan fingerprint density at radius 1 is 1.17 bits per heavy atom. The summed E-state index contributed by atoms with van der Waals surface area (Å²) in [6, 6.07) is 7.73. The summed E-state index contributed by atoms with van der Waals surface area (Å²) in [6.07, 6.45) is 3.23. The number of ether oxygens (including phenoxy) is 1. The molecule has 0 spiro atoms. The van der Waals surface area contributed by atoms with Crippen molar-refractivity contribution < 1.29 is 9.53 Å². The van der Waals surface area contributed by atoms with Crippen molar-refractivity contribution in [2.24, 2.45) is 0 Å². The van der Waals surface area contributed by atoms with Crippen molar-refractivity contribution in [3.63, 3.8) is 0 Å². The lowest BCUT2D eigenvalue weighted by Gasteiger charge is -2.09. The van der Waals surface area contributed by atoms with Crippen molar-refractivity contribution in [2.45, 2.75) is 13.8 Å². The third kappa shape index (κ3) is 4.83. The fourth-order valence-corrected chi connectivity index (χ4v) is 4.02. The van der Waals surface area contributed by atoms with Crippen LogP contribution in [0.25, 0.3) is 6.08 Å². The van der Waals surface area contributed by atoms with Gasteiger partial charge in [-0.25, -0.2) is 0 Å². The van der Waals surface area contributed by atoms with Gasteiger partial charge >= 0.3 is 0 Å². The Kier molecular flexibility index (Phi) is 6.88. The molecule has 0 aromatic heterocycles.